The molecule has 17 heavy (non-hydrogen) atoms. The van der Waals surface area contributed by atoms with Crippen LogP contribution in [-0.2, 0) is 4.79 Å². The third-order valence-corrected chi connectivity index (χ3v) is 2.75. The second-order valence-corrected chi connectivity index (χ2v) is 4.41. The summed E-state index contributed by atoms with van der Waals surface area (Å²) in [4.78, 5) is 12.9. The number of carboxylic acid groups (broad SMARTS) is 1. The number of carbonyl (C=O) groups is 1. The van der Waals surface area contributed by atoms with Gasteiger partial charge in [0.2, 0.25) is 0 Å². The molecule has 0 amide bonds. The Morgan fingerprint density at radius 1 is 1.35 bits per heavy atom. The Kier molecular flexibility index (Phi) is 4.52. The van der Waals surface area contributed by atoms with E-state index in [2.05, 4.69) is 23.5 Å². The number of anilines is 1. The van der Waals surface area contributed by atoms with Gasteiger partial charge in [-0.25, -0.2) is 0 Å². The number of aryl methyl sites for hydroxylation is 2. The Hall–Kier alpha value is -1.55. The molecule has 0 spiro atoms. The van der Waals surface area contributed by atoms with Crippen molar-refractivity contribution >= 4 is 11.7 Å². The second kappa shape index (κ2) is 5.68. The fraction of sp³-hybridized carbons (Fsp3) is 0.462. The van der Waals surface area contributed by atoms with Crippen LogP contribution in [-0.4, -0.2) is 37.8 Å². The van der Waals surface area contributed by atoms with E-state index in [4.69, 9.17) is 5.11 Å². The molecule has 0 saturated heterocycles. The average Bonchev–Trinajstić information content (AvgIpc) is 2.23. The Bertz CT molecular complexity index is 384. The molecule has 94 valence electrons. The van der Waals surface area contributed by atoms with Crippen LogP contribution in [0.4, 0.5) is 5.69 Å². The number of likely N-dealkylation sites (N-methyl/N-ethyl adjacent to an activating group) is 2. The van der Waals surface area contributed by atoms with Crippen molar-refractivity contribution in [1.29, 1.82) is 0 Å². The molecule has 1 aromatic carbocycles. The second-order valence-electron chi connectivity index (χ2n) is 4.41. The maximum atomic E-state index is 10.9. The van der Waals surface area contributed by atoms with Gasteiger partial charge in [-0.05, 0) is 44.2 Å². The summed E-state index contributed by atoms with van der Waals surface area (Å²) in [7, 11) is 3.57. The quantitative estimate of drug-likeness (QED) is 0.811. The zero-order chi connectivity index (χ0) is 13.0. The minimum Gasteiger partial charge on any atom is -0.480 e. The normalized spacial score (nSPS) is 12.2. The molecule has 0 aliphatic heterocycles. The summed E-state index contributed by atoms with van der Waals surface area (Å²) in [5.41, 5.74) is 3.41. The van der Waals surface area contributed by atoms with Crippen LogP contribution in [0.2, 0.25) is 0 Å². The van der Waals surface area contributed by atoms with Gasteiger partial charge in [0.15, 0.2) is 0 Å². The molecule has 1 atom stereocenters. The topological polar surface area (TPSA) is 52.6 Å². The van der Waals surface area contributed by atoms with Crippen molar-refractivity contribution in [3.05, 3.63) is 29.3 Å². The summed E-state index contributed by atoms with van der Waals surface area (Å²) in [6.07, 6.45) is 0. The highest BCUT2D eigenvalue weighted by molar-refractivity contribution is 5.74. The van der Waals surface area contributed by atoms with Gasteiger partial charge in [-0.2, -0.15) is 0 Å². The van der Waals surface area contributed by atoms with Crippen molar-refractivity contribution in [3.63, 3.8) is 0 Å². The Morgan fingerprint density at radius 3 is 2.29 bits per heavy atom. The number of rotatable bonds is 5. The van der Waals surface area contributed by atoms with Crippen LogP contribution in [0, 0.1) is 13.8 Å². The molecule has 0 aromatic heterocycles. The third kappa shape index (κ3) is 3.75. The molecule has 0 saturated carbocycles. The number of hydrogen-bond donors (Lipinski definition) is 2. The Balaban J connectivity index is 2.81. The van der Waals surface area contributed by atoms with Crippen LogP contribution in [0.5, 0.6) is 0 Å². The van der Waals surface area contributed by atoms with Crippen LogP contribution >= 0.6 is 0 Å². The van der Waals surface area contributed by atoms with Crippen molar-refractivity contribution < 1.29 is 9.90 Å². The highest BCUT2D eigenvalue weighted by Gasteiger charge is 2.17. The Labute approximate surface area is 102 Å². The largest absolute Gasteiger partial charge is 0.480 e. The lowest BCUT2D eigenvalue weighted by atomic mass is 10.1. The first kappa shape index (κ1) is 13.5. The van der Waals surface area contributed by atoms with E-state index in [1.807, 2.05) is 25.8 Å². The first-order valence-corrected chi connectivity index (χ1v) is 5.63. The van der Waals surface area contributed by atoms with E-state index in [1.165, 1.54) is 11.1 Å². The van der Waals surface area contributed by atoms with Crippen molar-refractivity contribution in [2.45, 2.75) is 19.9 Å². The molecule has 1 rings (SSSR count). The van der Waals surface area contributed by atoms with Crippen LogP contribution < -0.4 is 10.2 Å². The minimum absolute atomic E-state index is 0.439. The molecular formula is C13H20N2O2. The van der Waals surface area contributed by atoms with E-state index < -0.39 is 12.0 Å². The van der Waals surface area contributed by atoms with E-state index in [-0.39, 0.29) is 0 Å². The Morgan fingerprint density at radius 2 is 1.88 bits per heavy atom. The molecule has 0 aliphatic rings. The minimum atomic E-state index is -0.830. The average molecular weight is 236 g/mol. The summed E-state index contributed by atoms with van der Waals surface area (Å²) < 4.78 is 0. The van der Waals surface area contributed by atoms with Gasteiger partial charge in [-0.1, -0.05) is 6.07 Å². The number of nitrogens with one attached hydrogen (secondary N) is 1. The van der Waals surface area contributed by atoms with Crippen LogP contribution in [0.1, 0.15) is 11.1 Å². The van der Waals surface area contributed by atoms with E-state index in [9.17, 15) is 4.79 Å². The van der Waals surface area contributed by atoms with Gasteiger partial charge in [0, 0.05) is 19.3 Å². The van der Waals surface area contributed by atoms with Gasteiger partial charge in [0.25, 0.3) is 0 Å². The van der Waals surface area contributed by atoms with Gasteiger partial charge in [-0.3, -0.25) is 4.79 Å². The van der Waals surface area contributed by atoms with Gasteiger partial charge >= 0.3 is 5.97 Å². The van der Waals surface area contributed by atoms with E-state index in [0.717, 1.165) is 5.69 Å². The van der Waals surface area contributed by atoms with Crippen molar-refractivity contribution in [1.82, 2.24) is 5.32 Å². The SMILES string of the molecule is CNC(CN(C)c1cc(C)cc(C)c1)C(=O)O. The number of hydrogen-bond acceptors (Lipinski definition) is 3. The molecular weight excluding hydrogens is 216 g/mol. The lowest BCUT2D eigenvalue weighted by Gasteiger charge is -2.24. The summed E-state index contributed by atoms with van der Waals surface area (Å²) in [5.74, 6) is -0.830. The molecule has 0 radical (unpaired) electrons. The van der Waals surface area contributed by atoms with Gasteiger partial charge in [0.1, 0.15) is 6.04 Å². The molecule has 0 heterocycles. The molecule has 0 bridgehead atoms. The van der Waals surface area contributed by atoms with E-state index >= 15 is 0 Å². The summed E-state index contributed by atoms with van der Waals surface area (Å²) >= 11 is 0. The van der Waals surface area contributed by atoms with E-state index in [0.29, 0.717) is 6.54 Å². The molecule has 1 unspecified atom stereocenters. The highest BCUT2D eigenvalue weighted by Crippen LogP contribution is 2.17. The van der Waals surface area contributed by atoms with Gasteiger partial charge in [0.05, 0.1) is 0 Å². The first-order valence-electron chi connectivity index (χ1n) is 5.63. The van der Waals surface area contributed by atoms with Crippen molar-refractivity contribution in [3.8, 4) is 0 Å². The van der Waals surface area contributed by atoms with Crippen LogP contribution in [0.25, 0.3) is 0 Å². The maximum absolute atomic E-state index is 10.9. The summed E-state index contributed by atoms with van der Waals surface area (Å²) in [6, 6.07) is 5.66. The number of carboxylic acids is 1. The molecule has 0 aliphatic carbocycles. The lowest BCUT2D eigenvalue weighted by molar-refractivity contribution is -0.139. The fourth-order valence-corrected chi connectivity index (χ4v) is 1.84. The maximum Gasteiger partial charge on any atom is 0.322 e. The lowest BCUT2D eigenvalue weighted by Crippen LogP contribution is -2.43. The fourth-order valence-electron chi connectivity index (χ4n) is 1.84. The first-order chi connectivity index (χ1) is 7.93. The third-order valence-electron chi connectivity index (χ3n) is 2.75. The predicted molar refractivity (Wildman–Crippen MR) is 69.7 cm³/mol. The van der Waals surface area contributed by atoms with Crippen molar-refractivity contribution in [2.75, 3.05) is 25.5 Å². The molecule has 1 aromatic rings. The smallest absolute Gasteiger partial charge is 0.322 e. The van der Waals surface area contributed by atoms with Gasteiger partial charge in [-0.15, -0.1) is 0 Å². The van der Waals surface area contributed by atoms with Crippen LogP contribution in [0.3, 0.4) is 0 Å². The number of nitrogens with zero attached hydrogens (tertiary/aromatic N) is 1. The molecule has 4 nitrogen and oxygen atoms in total. The van der Waals surface area contributed by atoms with Gasteiger partial charge < -0.3 is 15.3 Å². The highest BCUT2D eigenvalue weighted by atomic mass is 16.4. The number of aliphatic carboxylic acids is 1. The van der Waals surface area contributed by atoms with E-state index in [1.54, 1.807) is 7.05 Å². The molecule has 4 heteroatoms. The zero-order valence-corrected chi connectivity index (χ0v) is 10.8. The van der Waals surface area contributed by atoms with Crippen molar-refractivity contribution in [2.24, 2.45) is 0 Å². The number of benzene rings is 1. The molecule has 0 fully saturated rings. The monoisotopic (exact) mass is 236 g/mol. The predicted octanol–water partition coefficient (Wildman–Crippen LogP) is 1.41. The molecule has 2 N–H and O–H groups in total. The summed E-state index contributed by atoms with van der Waals surface area (Å²) in [6.45, 7) is 4.52. The standard InChI is InChI=1S/C13H20N2O2/c1-9-5-10(2)7-11(6-9)15(4)8-12(14-3)13(16)17/h5-7,12,14H,8H2,1-4H3,(H,16,17). The zero-order valence-electron chi connectivity index (χ0n) is 10.8. The van der Waals surface area contributed by atoms with Crippen LogP contribution in [0.15, 0.2) is 18.2 Å². The summed E-state index contributed by atoms with van der Waals surface area (Å²) in [5, 5.41) is 11.8.